The van der Waals surface area contributed by atoms with Crippen molar-refractivity contribution < 1.29 is 4.79 Å². The Morgan fingerprint density at radius 2 is 1.80 bits per heavy atom. The quantitative estimate of drug-likeness (QED) is 0.757. The van der Waals surface area contributed by atoms with E-state index in [9.17, 15) is 9.59 Å². The minimum absolute atomic E-state index is 0.0887. The molecule has 0 radical (unpaired) electrons. The summed E-state index contributed by atoms with van der Waals surface area (Å²) in [5, 5.41) is 3.91. The van der Waals surface area contributed by atoms with Crippen LogP contribution in [0, 0.1) is 20.8 Å². The van der Waals surface area contributed by atoms with Gasteiger partial charge in [0.25, 0.3) is 5.56 Å². The molecular weight excluding hydrogens is 312 g/mol. The van der Waals surface area contributed by atoms with Crippen LogP contribution >= 0.6 is 0 Å². The zero-order valence-corrected chi connectivity index (χ0v) is 14.8. The summed E-state index contributed by atoms with van der Waals surface area (Å²) in [4.78, 5) is 27.5. The number of hydrogen-bond donors (Lipinski definition) is 2. The first-order valence-corrected chi connectivity index (χ1v) is 8.42. The molecule has 0 aliphatic heterocycles. The maximum Gasteiger partial charge on any atom is 0.251 e. The second kappa shape index (κ2) is 6.93. The number of aromatic amines is 1. The van der Waals surface area contributed by atoms with Crippen LogP contribution in [0.1, 0.15) is 28.7 Å². The Morgan fingerprint density at radius 3 is 2.56 bits per heavy atom. The first-order valence-electron chi connectivity index (χ1n) is 8.42. The van der Waals surface area contributed by atoms with Gasteiger partial charge in [0.15, 0.2) is 0 Å². The molecule has 1 amide bonds. The molecule has 0 bridgehead atoms. The van der Waals surface area contributed by atoms with E-state index in [0.717, 1.165) is 33.3 Å². The summed E-state index contributed by atoms with van der Waals surface area (Å²) in [6.45, 7) is 5.97. The van der Waals surface area contributed by atoms with Crippen molar-refractivity contribution in [1.29, 1.82) is 0 Å². The van der Waals surface area contributed by atoms with Gasteiger partial charge >= 0.3 is 0 Å². The van der Waals surface area contributed by atoms with Gasteiger partial charge in [-0.2, -0.15) is 0 Å². The Labute approximate surface area is 146 Å². The van der Waals surface area contributed by atoms with Crippen LogP contribution in [-0.2, 0) is 11.2 Å². The molecule has 128 valence electrons. The fourth-order valence-corrected chi connectivity index (χ4v) is 3.09. The average molecular weight is 334 g/mol. The number of nitrogens with one attached hydrogen (secondary N) is 2. The topological polar surface area (TPSA) is 62.0 Å². The van der Waals surface area contributed by atoms with Crippen molar-refractivity contribution in [3.63, 3.8) is 0 Å². The predicted molar refractivity (Wildman–Crippen MR) is 102 cm³/mol. The largest absolute Gasteiger partial charge is 0.326 e. The van der Waals surface area contributed by atoms with Gasteiger partial charge in [-0.3, -0.25) is 9.59 Å². The van der Waals surface area contributed by atoms with Gasteiger partial charge in [0.2, 0.25) is 5.91 Å². The number of carbonyl (C=O) groups is 1. The highest BCUT2D eigenvalue weighted by Gasteiger charge is 2.09. The van der Waals surface area contributed by atoms with E-state index in [1.165, 1.54) is 0 Å². The van der Waals surface area contributed by atoms with Crippen LogP contribution < -0.4 is 10.9 Å². The molecule has 0 atom stereocenters. The minimum Gasteiger partial charge on any atom is -0.326 e. The number of amides is 1. The Balaban J connectivity index is 1.77. The van der Waals surface area contributed by atoms with Gasteiger partial charge in [0.05, 0.1) is 5.52 Å². The Hall–Kier alpha value is -2.88. The maximum atomic E-state index is 12.3. The van der Waals surface area contributed by atoms with E-state index in [2.05, 4.69) is 16.4 Å². The first kappa shape index (κ1) is 17.0. The van der Waals surface area contributed by atoms with E-state index < -0.39 is 0 Å². The lowest BCUT2D eigenvalue weighted by molar-refractivity contribution is -0.116. The van der Waals surface area contributed by atoms with Gasteiger partial charge in [-0.05, 0) is 61.9 Å². The standard InChI is InChI=1S/C21H22N2O2/c1-13-10-15(3)20-17(11-13)12-16(21(25)23-20)8-9-19(24)22-18-7-5-4-6-14(18)2/h4-7,10-12H,8-9H2,1-3H3,(H,22,24)(H,23,25). The maximum absolute atomic E-state index is 12.3. The highest BCUT2D eigenvalue weighted by Crippen LogP contribution is 2.19. The Kier molecular flexibility index (Phi) is 4.70. The SMILES string of the molecule is Cc1cc(C)c2[nH]c(=O)c(CCC(=O)Nc3ccccc3C)cc2c1. The third kappa shape index (κ3) is 3.79. The minimum atomic E-state index is -0.122. The molecular formula is C21H22N2O2. The van der Waals surface area contributed by atoms with Crippen LogP contribution in [0.5, 0.6) is 0 Å². The molecule has 2 N–H and O–H groups in total. The van der Waals surface area contributed by atoms with Crippen molar-refractivity contribution in [1.82, 2.24) is 4.98 Å². The summed E-state index contributed by atoms with van der Waals surface area (Å²) in [6.07, 6.45) is 0.684. The number of benzene rings is 2. The summed E-state index contributed by atoms with van der Waals surface area (Å²) >= 11 is 0. The van der Waals surface area contributed by atoms with E-state index >= 15 is 0 Å². The molecule has 1 aromatic heterocycles. The van der Waals surface area contributed by atoms with Gasteiger partial charge in [0.1, 0.15) is 0 Å². The van der Waals surface area contributed by atoms with Crippen molar-refractivity contribution in [2.24, 2.45) is 0 Å². The Bertz CT molecular complexity index is 1000. The van der Waals surface area contributed by atoms with Gasteiger partial charge in [-0.15, -0.1) is 0 Å². The highest BCUT2D eigenvalue weighted by atomic mass is 16.1. The number of rotatable bonds is 4. The molecule has 4 nitrogen and oxygen atoms in total. The van der Waals surface area contributed by atoms with E-state index in [-0.39, 0.29) is 17.9 Å². The van der Waals surface area contributed by atoms with Crippen LogP contribution in [0.25, 0.3) is 10.9 Å². The molecule has 0 unspecified atom stereocenters. The van der Waals surface area contributed by atoms with Crippen LogP contribution in [0.3, 0.4) is 0 Å². The summed E-state index contributed by atoms with van der Waals surface area (Å²) in [6, 6.07) is 13.7. The van der Waals surface area contributed by atoms with Crippen LogP contribution in [0.2, 0.25) is 0 Å². The number of para-hydroxylation sites is 1. The molecule has 0 saturated heterocycles. The predicted octanol–water partition coefficient (Wildman–Crippen LogP) is 4.02. The van der Waals surface area contributed by atoms with Gasteiger partial charge in [-0.1, -0.05) is 29.8 Å². The fourth-order valence-electron chi connectivity index (χ4n) is 3.09. The van der Waals surface area contributed by atoms with Crippen LogP contribution in [-0.4, -0.2) is 10.9 Å². The zero-order valence-electron chi connectivity index (χ0n) is 14.8. The van der Waals surface area contributed by atoms with Gasteiger partial charge < -0.3 is 10.3 Å². The lowest BCUT2D eigenvalue weighted by Crippen LogP contribution is -2.17. The summed E-state index contributed by atoms with van der Waals surface area (Å²) in [5.74, 6) is -0.0887. The molecule has 3 aromatic rings. The third-order valence-electron chi connectivity index (χ3n) is 4.41. The molecule has 25 heavy (non-hydrogen) atoms. The molecule has 0 saturated carbocycles. The van der Waals surface area contributed by atoms with Crippen molar-refractivity contribution in [2.75, 3.05) is 5.32 Å². The highest BCUT2D eigenvalue weighted by molar-refractivity contribution is 5.91. The molecule has 0 fully saturated rings. The number of hydrogen-bond acceptors (Lipinski definition) is 2. The summed E-state index contributed by atoms with van der Waals surface area (Å²) in [5.41, 5.74) is 5.41. The molecule has 0 spiro atoms. The lowest BCUT2D eigenvalue weighted by atomic mass is 10.0. The Morgan fingerprint density at radius 1 is 1.04 bits per heavy atom. The normalized spacial score (nSPS) is 10.8. The van der Waals surface area contributed by atoms with E-state index in [1.807, 2.05) is 57.2 Å². The third-order valence-corrected chi connectivity index (χ3v) is 4.41. The molecule has 2 aromatic carbocycles. The number of aromatic nitrogens is 1. The molecule has 0 aliphatic rings. The van der Waals surface area contributed by atoms with Crippen LogP contribution in [0.15, 0.2) is 47.3 Å². The number of aryl methyl sites for hydroxylation is 4. The average Bonchev–Trinajstić information content (AvgIpc) is 2.56. The van der Waals surface area contributed by atoms with Crippen molar-refractivity contribution >= 4 is 22.5 Å². The molecule has 3 rings (SSSR count). The van der Waals surface area contributed by atoms with Gasteiger partial charge in [0, 0.05) is 17.7 Å². The van der Waals surface area contributed by atoms with E-state index in [0.29, 0.717) is 12.0 Å². The second-order valence-electron chi connectivity index (χ2n) is 6.53. The number of pyridine rings is 1. The van der Waals surface area contributed by atoms with Crippen molar-refractivity contribution in [2.45, 2.75) is 33.6 Å². The van der Waals surface area contributed by atoms with Crippen LogP contribution in [0.4, 0.5) is 5.69 Å². The molecule has 4 heteroatoms. The van der Waals surface area contributed by atoms with E-state index in [1.54, 1.807) is 0 Å². The van der Waals surface area contributed by atoms with Crippen molar-refractivity contribution in [3.05, 3.63) is 75.1 Å². The molecule has 1 heterocycles. The monoisotopic (exact) mass is 334 g/mol. The zero-order chi connectivity index (χ0) is 18.0. The fraction of sp³-hybridized carbons (Fsp3) is 0.238. The summed E-state index contributed by atoms with van der Waals surface area (Å²) in [7, 11) is 0. The summed E-state index contributed by atoms with van der Waals surface area (Å²) < 4.78 is 0. The first-order chi connectivity index (χ1) is 11.9. The van der Waals surface area contributed by atoms with Crippen molar-refractivity contribution in [3.8, 4) is 0 Å². The second-order valence-corrected chi connectivity index (χ2v) is 6.53. The number of anilines is 1. The smallest absolute Gasteiger partial charge is 0.251 e. The number of H-pyrrole nitrogens is 1. The lowest BCUT2D eigenvalue weighted by Gasteiger charge is -2.09. The number of fused-ring (bicyclic) bond motifs is 1. The number of carbonyl (C=O) groups excluding carboxylic acids is 1. The molecule has 0 aliphatic carbocycles. The van der Waals surface area contributed by atoms with E-state index in [4.69, 9.17) is 0 Å². The van der Waals surface area contributed by atoms with Gasteiger partial charge in [-0.25, -0.2) is 0 Å².